The molecule has 0 saturated heterocycles. The van der Waals surface area contributed by atoms with E-state index in [1.54, 1.807) is 6.07 Å². The standard InChI is InChI=1S/C12H16Cl2N2S/c1-8(2)6-15-12(17)16-7-9-3-4-10(13)11(14)5-9/h3-5,8H,6-7H2,1-2H3,(H2,15,16,17). The fourth-order valence-electron chi connectivity index (χ4n) is 1.19. The second-order valence-corrected chi connectivity index (χ2v) is 5.43. The van der Waals surface area contributed by atoms with Crippen molar-refractivity contribution in [1.29, 1.82) is 0 Å². The summed E-state index contributed by atoms with van der Waals surface area (Å²) in [5.41, 5.74) is 1.05. The third kappa shape index (κ3) is 5.57. The van der Waals surface area contributed by atoms with E-state index in [0.717, 1.165) is 12.1 Å². The number of rotatable bonds is 4. The van der Waals surface area contributed by atoms with Gasteiger partial charge in [0.05, 0.1) is 10.0 Å². The molecule has 0 fully saturated rings. The molecule has 94 valence electrons. The number of benzene rings is 1. The highest BCUT2D eigenvalue weighted by atomic mass is 35.5. The molecule has 1 rings (SSSR count). The minimum Gasteiger partial charge on any atom is -0.362 e. The Kier molecular flexibility index (Phi) is 6.03. The number of hydrogen-bond acceptors (Lipinski definition) is 1. The molecular formula is C12H16Cl2N2S. The molecule has 0 aliphatic heterocycles. The summed E-state index contributed by atoms with van der Waals surface area (Å²) in [4.78, 5) is 0. The van der Waals surface area contributed by atoms with Crippen LogP contribution in [0.25, 0.3) is 0 Å². The molecule has 2 N–H and O–H groups in total. The summed E-state index contributed by atoms with van der Waals surface area (Å²) in [5.74, 6) is 0.569. The third-order valence-electron chi connectivity index (χ3n) is 2.11. The largest absolute Gasteiger partial charge is 0.362 e. The van der Waals surface area contributed by atoms with Gasteiger partial charge in [0.1, 0.15) is 0 Å². The van der Waals surface area contributed by atoms with Crippen LogP contribution in [0, 0.1) is 5.92 Å². The van der Waals surface area contributed by atoms with E-state index in [4.69, 9.17) is 35.4 Å². The van der Waals surface area contributed by atoms with Gasteiger partial charge in [0.2, 0.25) is 0 Å². The number of nitrogens with one attached hydrogen (secondary N) is 2. The van der Waals surface area contributed by atoms with Crippen molar-refractivity contribution in [3.8, 4) is 0 Å². The van der Waals surface area contributed by atoms with Gasteiger partial charge < -0.3 is 10.6 Å². The highest BCUT2D eigenvalue weighted by molar-refractivity contribution is 7.80. The minimum absolute atomic E-state index is 0.562. The van der Waals surface area contributed by atoms with Crippen LogP contribution in [0.2, 0.25) is 10.0 Å². The average Bonchev–Trinajstić information content (AvgIpc) is 2.28. The second kappa shape index (κ2) is 7.04. The van der Waals surface area contributed by atoms with Gasteiger partial charge in [-0.1, -0.05) is 43.1 Å². The maximum atomic E-state index is 5.92. The van der Waals surface area contributed by atoms with Crippen molar-refractivity contribution in [2.24, 2.45) is 5.92 Å². The van der Waals surface area contributed by atoms with Crippen molar-refractivity contribution < 1.29 is 0 Å². The lowest BCUT2D eigenvalue weighted by molar-refractivity contribution is 0.619. The molecule has 0 radical (unpaired) electrons. The zero-order valence-corrected chi connectivity index (χ0v) is 12.2. The Morgan fingerprint density at radius 1 is 1.24 bits per heavy atom. The van der Waals surface area contributed by atoms with Crippen molar-refractivity contribution in [3.63, 3.8) is 0 Å². The molecule has 1 aromatic carbocycles. The van der Waals surface area contributed by atoms with Crippen LogP contribution in [0.3, 0.4) is 0 Å². The van der Waals surface area contributed by atoms with E-state index in [2.05, 4.69) is 24.5 Å². The molecule has 0 heterocycles. The third-order valence-corrected chi connectivity index (χ3v) is 3.14. The zero-order chi connectivity index (χ0) is 12.8. The lowest BCUT2D eigenvalue weighted by Crippen LogP contribution is -2.36. The van der Waals surface area contributed by atoms with E-state index >= 15 is 0 Å². The lowest BCUT2D eigenvalue weighted by Gasteiger charge is -2.12. The highest BCUT2D eigenvalue weighted by Gasteiger charge is 2.01. The van der Waals surface area contributed by atoms with Crippen molar-refractivity contribution in [3.05, 3.63) is 33.8 Å². The van der Waals surface area contributed by atoms with E-state index in [9.17, 15) is 0 Å². The van der Waals surface area contributed by atoms with Crippen LogP contribution in [0.15, 0.2) is 18.2 Å². The Balaban J connectivity index is 2.39. The van der Waals surface area contributed by atoms with Gasteiger partial charge in [-0.05, 0) is 35.8 Å². The average molecular weight is 291 g/mol. The van der Waals surface area contributed by atoms with E-state index < -0.39 is 0 Å². The summed E-state index contributed by atoms with van der Waals surface area (Å²) >= 11 is 16.9. The fraction of sp³-hybridized carbons (Fsp3) is 0.417. The first kappa shape index (κ1) is 14.6. The number of thiocarbonyl (C=S) groups is 1. The van der Waals surface area contributed by atoms with Gasteiger partial charge in [0.15, 0.2) is 5.11 Å². The molecule has 1 aromatic rings. The van der Waals surface area contributed by atoms with Gasteiger partial charge in [-0.3, -0.25) is 0 Å². The molecular weight excluding hydrogens is 275 g/mol. The molecule has 0 aliphatic rings. The molecule has 0 bridgehead atoms. The topological polar surface area (TPSA) is 24.1 Å². The number of hydrogen-bond donors (Lipinski definition) is 2. The van der Waals surface area contributed by atoms with Gasteiger partial charge in [-0.15, -0.1) is 0 Å². The monoisotopic (exact) mass is 290 g/mol. The summed E-state index contributed by atoms with van der Waals surface area (Å²) in [5, 5.41) is 8.04. The van der Waals surface area contributed by atoms with Crippen molar-refractivity contribution >= 4 is 40.5 Å². The molecule has 2 nitrogen and oxygen atoms in total. The second-order valence-electron chi connectivity index (χ2n) is 4.21. The zero-order valence-electron chi connectivity index (χ0n) is 9.89. The van der Waals surface area contributed by atoms with Gasteiger partial charge in [0.25, 0.3) is 0 Å². The summed E-state index contributed by atoms with van der Waals surface area (Å²) in [7, 11) is 0. The van der Waals surface area contributed by atoms with E-state index in [-0.39, 0.29) is 0 Å². The first-order valence-electron chi connectivity index (χ1n) is 5.44. The normalized spacial score (nSPS) is 10.4. The Morgan fingerprint density at radius 3 is 2.53 bits per heavy atom. The smallest absolute Gasteiger partial charge is 0.166 e. The predicted molar refractivity (Wildman–Crippen MR) is 78.7 cm³/mol. The van der Waals surface area contributed by atoms with Crippen LogP contribution in [0.4, 0.5) is 0 Å². The molecule has 0 spiro atoms. The Labute approximate surface area is 118 Å². The molecule has 0 aliphatic carbocycles. The van der Waals surface area contributed by atoms with E-state index in [1.807, 2.05) is 12.1 Å². The van der Waals surface area contributed by atoms with Crippen LogP contribution in [-0.2, 0) is 6.54 Å². The minimum atomic E-state index is 0.562. The van der Waals surface area contributed by atoms with Gasteiger partial charge in [-0.25, -0.2) is 0 Å². The van der Waals surface area contributed by atoms with Gasteiger partial charge >= 0.3 is 0 Å². The molecule has 0 aromatic heterocycles. The van der Waals surface area contributed by atoms with E-state index in [1.165, 1.54) is 0 Å². The summed E-state index contributed by atoms with van der Waals surface area (Å²) < 4.78 is 0. The number of halogens is 2. The van der Waals surface area contributed by atoms with Crippen LogP contribution in [0.1, 0.15) is 19.4 Å². The van der Waals surface area contributed by atoms with Crippen LogP contribution < -0.4 is 10.6 Å². The Hall–Kier alpha value is -0.510. The van der Waals surface area contributed by atoms with E-state index in [0.29, 0.717) is 27.6 Å². The molecule has 0 saturated carbocycles. The first-order valence-corrected chi connectivity index (χ1v) is 6.61. The lowest BCUT2D eigenvalue weighted by atomic mass is 10.2. The predicted octanol–water partition coefficient (Wildman–Crippen LogP) is 3.61. The van der Waals surface area contributed by atoms with Crippen molar-refractivity contribution in [2.75, 3.05) is 6.54 Å². The van der Waals surface area contributed by atoms with Crippen molar-refractivity contribution in [1.82, 2.24) is 10.6 Å². The quantitative estimate of drug-likeness (QED) is 0.829. The van der Waals surface area contributed by atoms with Gasteiger partial charge in [-0.2, -0.15) is 0 Å². The van der Waals surface area contributed by atoms with Crippen molar-refractivity contribution in [2.45, 2.75) is 20.4 Å². The maximum absolute atomic E-state index is 5.92. The van der Waals surface area contributed by atoms with Crippen LogP contribution >= 0.6 is 35.4 Å². The molecule has 0 unspecified atom stereocenters. The van der Waals surface area contributed by atoms with Crippen LogP contribution in [-0.4, -0.2) is 11.7 Å². The first-order chi connectivity index (χ1) is 7.99. The SMILES string of the molecule is CC(C)CNC(=S)NCc1ccc(Cl)c(Cl)c1. The molecule has 5 heteroatoms. The molecule has 0 atom stereocenters. The Bertz CT molecular complexity index is 394. The molecule has 0 amide bonds. The Morgan fingerprint density at radius 2 is 1.94 bits per heavy atom. The van der Waals surface area contributed by atoms with Crippen LogP contribution in [0.5, 0.6) is 0 Å². The van der Waals surface area contributed by atoms with Gasteiger partial charge in [0, 0.05) is 13.1 Å². The summed E-state index contributed by atoms with van der Waals surface area (Å²) in [6, 6.07) is 5.54. The summed E-state index contributed by atoms with van der Waals surface area (Å²) in [6.07, 6.45) is 0. The molecule has 17 heavy (non-hydrogen) atoms. The summed E-state index contributed by atoms with van der Waals surface area (Å²) in [6.45, 7) is 5.77. The fourth-order valence-corrected chi connectivity index (χ4v) is 1.67. The highest BCUT2D eigenvalue weighted by Crippen LogP contribution is 2.22. The maximum Gasteiger partial charge on any atom is 0.166 e.